The maximum Gasteiger partial charge on any atom is 0.135 e. The van der Waals surface area contributed by atoms with Crippen molar-refractivity contribution in [1.82, 2.24) is 4.57 Å². The minimum Gasteiger partial charge on any atom is -0.456 e. The summed E-state index contributed by atoms with van der Waals surface area (Å²) >= 11 is 0. The third kappa shape index (κ3) is 3.31. The first-order valence-corrected chi connectivity index (χ1v) is 16.8. The van der Waals surface area contributed by atoms with Crippen molar-refractivity contribution in [1.29, 1.82) is 0 Å². The topological polar surface area (TPSA) is 31.2 Å². The van der Waals surface area contributed by atoms with Crippen molar-refractivity contribution in [2.24, 2.45) is 0 Å². The maximum absolute atomic E-state index is 6.24. The van der Waals surface area contributed by atoms with Crippen LogP contribution < -0.4 is 0 Å². The van der Waals surface area contributed by atoms with E-state index < -0.39 is 0 Å². The Hall–Kier alpha value is -6.58. The Kier molecular flexibility index (Phi) is 4.72. The van der Waals surface area contributed by atoms with Gasteiger partial charge in [0.05, 0.1) is 11.0 Å². The first-order valence-electron chi connectivity index (χ1n) is 16.8. The van der Waals surface area contributed by atoms with Gasteiger partial charge in [0.1, 0.15) is 22.3 Å². The van der Waals surface area contributed by atoms with Crippen LogP contribution in [0.15, 0.2) is 160 Å². The van der Waals surface area contributed by atoms with Gasteiger partial charge in [-0.25, -0.2) is 0 Å². The molecule has 3 heterocycles. The normalized spacial score (nSPS) is 12.5. The molecule has 0 aliphatic heterocycles. The molecule has 3 aromatic heterocycles. The highest BCUT2D eigenvalue weighted by Crippen LogP contribution is 2.51. The number of furan rings is 2. The molecule has 0 amide bonds. The zero-order valence-corrected chi connectivity index (χ0v) is 26.2. The highest BCUT2D eigenvalue weighted by Gasteiger charge is 2.26. The van der Waals surface area contributed by atoms with Crippen molar-refractivity contribution in [2.45, 2.75) is 0 Å². The van der Waals surface area contributed by atoms with E-state index in [2.05, 4.69) is 132 Å². The Bertz CT molecular complexity index is 3220. The summed E-state index contributed by atoms with van der Waals surface area (Å²) in [5.74, 6) is 0. The fourth-order valence-corrected chi connectivity index (χ4v) is 8.60. The lowest BCUT2D eigenvalue weighted by molar-refractivity contribution is 0.668. The lowest BCUT2D eigenvalue weighted by Gasteiger charge is -2.10. The van der Waals surface area contributed by atoms with Crippen LogP contribution in [-0.4, -0.2) is 4.57 Å². The van der Waals surface area contributed by atoms with E-state index in [1.54, 1.807) is 0 Å². The fourth-order valence-electron chi connectivity index (χ4n) is 8.60. The third-order valence-electron chi connectivity index (χ3n) is 10.7. The monoisotopic (exact) mass is 623 g/mol. The number of benzene rings is 8. The molecule has 0 bridgehead atoms. The molecule has 0 radical (unpaired) electrons. The van der Waals surface area contributed by atoms with Crippen molar-refractivity contribution in [3.8, 4) is 39.1 Å². The van der Waals surface area contributed by atoms with Gasteiger partial charge in [0.15, 0.2) is 0 Å². The van der Waals surface area contributed by atoms with E-state index >= 15 is 0 Å². The average Bonchev–Trinajstić information content (AvgIpc) is 3.90. The van der Waals surface area contributed by atoms with Gasteiger partial charge in [-0.15, -0.1) is 0 Å². The van der Waals surface area contributed by atoms with Crippen LogP contribution in [0.25, 0.3) is 116 Å². The van der Waals surface area contributed by atoms with Crippen LogP contribution in [0.5, 0.6) is 0 Å². The quantitative estimate of drug-likeness (QED) is 0.192. The highest BCUT2D eigenvalue weighted by atomic mass is 16.3. The molecule has 0 saturated heterocycles. The van der Waals surface area contributed by atoms with Gasteiger partial charge in [-0.05, 0) is 105 Å². The van der Waals surface area contributed by atoms with E-state index in [1.807, 2.05) is 24.3 Å². The first-order chi connectivity index (χ1) is 24.3. The number of aromatic nitrogens is 1. The van der Waals surface area contributed by atoms with Crippen LogP contribution >= 0.6 is 0 Å². The third-order valence-corrected chi connectivity index (χ3v) is 10.7. The van der Waals surface area contributed by atoms with Crippen molar-refractivity contribution in [2.75, 3.05) is 0 Å². The SMILES string of the molecule is c1ccc2c(c1)-c1cccc3c1c-2cc1c3c2cc(-c3ccc4oc5ccccc5c4c3)ccc2n1-c1ccc2oc3ccccc3c2c1. The molecule has 0 fully saturated rings. The molecule has 0 saturated carbocycles. The molecule has 226 valence electrons. The summed E-state index contributed by atoms with van der Waals surface area (Å²) in [6, 6.07) is 54.8. The number of hydrogen-bond acceptors (Lipinski definition) is 2. The molecule has 0 unspecified atom stereocenters. The van der Waals surface area contributed by atoms with E-state index in [4.69, 9.17) is 8.83 Å². The average molecular weight is 624 g/mol. The number of rotatable bonds is 2. The van der Waals surface area contributed by atoms with Gasteiger partial charge >= 0.3 is 0 Å². The number of hydrogen-bond donors (Lipinski definition) is 0. The largest absolute Gasteiger partial charge is 0.456 e. The van der Waals surface area contributed by atoms with Crippen molar-refractivity contribution >= 4 is 76.5 Å². The summed E-state index contributed by atoms with van der Waals surface area (Å²) in [6.45, 7) is 0. The summed E-state index contributed by atoms with van der Waals surface area (Å²) in [5, 5.41) is 9.67. The lowest BCUT2D eigenvalue weighted by Crippen LogP contribution is -1.94. The summed E-state index contributed by atoms with van der Waals surface area (Å²) in [4.78, 5) is 0. The molecule has 49 heavy (non-hydrogen) atoms. The molecule has 1 aliphatic carbocycles. The van der Waals surface area contributed by atoms with Gasteiger partial charge in [0.2, 0.25) is 0 Å². The van der Waals surface area contributed by atoms with Crippen molar-refractivity contribution < 1.29 is 8.83 Å². The molecule has 11 aromatic rings. The van der Waals surface area contributed by atoms with Crippen LogP contribution in [0.1, 0.15) is 0 Å². The van der Waals surface area contributed by atoms with Crippen LogP contribution in [0, 0.1) is 0 Å². The van der Waals surface area contributed by atoms with E-state index in [0.29, 0.717) is 0 Å². The standard InChI is InChI=1S/C46H25NO2/c1-2-9-30-29(8-1)33-12-7-13-34-45(33)37(30)25-40-46(34)38-23-26(27-17-20-43-35(22-27)31-10-3-5-14-41(31)48-43)16-19-39(38)47(40)28-18-21-44-36(24-28)32-11-4-6-15-42(32)49-44/h1-25H. The molecule has 0 atom stereocenters. The van der Waals surface area contributed by atoms with Crippen LogP contribution in [0.2, 0.25) is 0 Å². The second-order valence-corrected chi connectivity index (χ2v) is 13.2. The van der Waals surface area contributed by atoms with Crippen molar-refractivity contribution in [3.63, 3.8) is 0 Å². The van der Waals surface area contributed by atoms with Gasteiger partial charge in [-0.1, -0.05) is 91.0 Å². The molecular formula is C46H25NO2. The molecule has 3 nitrogen and oxygen atoms in total. The summed E-state index contributed by atoms with van der Waals surface area (Å²) in [7, 11) is 0. The van der Waals surface area contributed by atoms with Crippen LogP contribution in [0.4, 0.5) is 0 Å². The molecule has 12 rings (SSSR count). The zero-order chi connectivity index (χ0) is 31.8. The smallest absolute Gasteiger partial charge is 0.135 e. The fraction of sp³-hybridized carbons (Fsp3) is 0. The summed E-state index contributed by atoms with van der Waals surface area (Å²) < 4.78 is 14.9. The van der Waals surface area contributed by atoms with Gasteiger partial charge in [-0.3, -0.25) is 0 Å². The Morgan fingerprint density at radius 2 is 0.898 bits per heavy atom. The predicted octanol–water partition coefficient (Wildman–Crippen LogP) is 13.1. The Morgan fingerprint density at radius 3 is 1.67 bits per heavy atom. The van der Waals surface area contributed by atoms with Gasteiger partial charge in [-0.2, -0.15) is 0 Å². The van der Waals surface area contributed by atoms with E-state index in [9.17, 15) is 0 Å². The molecule has 3 heteroatoms. The highest BCUT2D eigenvalue weighted by molar-refractivity contribution is 6.29. The summed E-state index contributed by atoms with van der Waals surface area (Å²) in [6.07, 6.45) is 0. The number of para-hydroxylation sites is 2. The first kappa shape index (κ1) is 25.5. The Morgan fingerprint density at radius 1 is 0.327 bits per heavy atom. The second-order valence-electron chi connectivity index (χ2n) is 13.2. The Labute approximate surface area is 279 Å². The molecule has 0 spiro atoms. The van der Waals surface area contributed by atoms with Gasteiger partial charge in [0, 0.05) is 38.0 Å². The Balaban J connectivity index is 1.19. The van der Waals surface area contributed by atoms with Crippen LogP contribution in [-0.2, 0) is 0 Å². The maximum atomic E-state index is 6.24. The second kappa shape index (κ2) is 9.06. The molecule has 8 aromatic carbocycles. The van der Waals surface area contributed by atoms with Crippen LogP contribution in [0.3, 0.4) is 0 Å². The van der Waals surface area contributed by atoms with Gasteiger partial charge in [0.25, 0.3) is 0 Å². The minimum absolute atomic E-state index is 0.901. The molecule has 0 N–H and O–H groups in total. The van der Waals surface area contributed by atoms with E-state index in [1.165, 1.54) is 66.0 Å². The summed E-state index contributed by atoms with van der Waals surface area (Å²) in [5.41, 5.74) is 14.7. The van der Waals surface area contributed by atoms with Gasteiger partial charge < -0.3 is 13.4 Å². The minimum atomic E-state index is 0.901. The van der Waals surface area contributed by atoms with E-state index in [0.717, 1.165) is 49.6 Å². The molecule has 1 aliphatic rings. The number of nitrogens with zero attached hydrogens (tertiary/aromatic N) is 1. The molecular weight excluding hydrogens is 599 g/mol. The van der Waals surface area contributed by atoms with Crippen molar-refractivity contribution in [3.05, 3.63) is 152 Å². The number of fused-ring (bicyclic) bond motifs is 13. The van der Waals surface area contributed by atoms with E-state index in [-0.39, 0.29) is 0 Å². The zero-order valence-electron chi connectivity index (χ0n) is 26.2. The lowest BCUT2D eigenvalue weighted by atomic mass is 9.96. The predicted molar refractivity (Wildman–Crippen MR) is 203 cm³/mol.